The van der Waals surface area contributed by atoms with Crippen molar-refractivity contribution >= 4 is 22.4 Å². The second-order valence-electron chi connectivity index (χ2n) is 4.01. The lowest BCUT2D eigenvalue weighted by atomic mass is 9.99. The van der Waals surface area contributed by atoms with Crippen molar-refractivity contribution in [3.8, 4) is 0 Å². The van der Waals surface area contributed by atoms with E-state index in [1.54, 1.807) is 6.20 Å². The van der Waals surface area contributed by atoms with Crippen LogP contribution in [0.15, 0.2) is 6.20 Å². The minimum atomic E-state index is 0.116. The number of thiazole rings is 1. The zero-order chi connectivity index (χ0) is 12.0. The summed E-state index contributed by atoms with van der Waals surface area (Å²) in [5.41, 5.74) is 0. The van der Waals surface area contributed by atoms with Gasteiger partial charge in [-0.2, -0.15) is 0 Å². The number of aryl methyl sites for hydroxylation is 1. The van der Waals surface area contributed by atoms with Gasteiger partial charge >= 0.3 is 0 Å². The Morgan fingerprint density at radius 3 is 2.81 bits per heavy atom. The zero-order valence-electron chi connectivity index (χ0n) is 10.2. The predicted molar refractivity (Wildman–Crippen MR) is 68.8 cm³/mol. The van der Waals surface area contributed by atoms with Crippen molar-refractivity contribution < 1.29 is 4.79 Å². The summed E-state index contributed by atoms with van der Waals surface area (Å²) >= 11 is 1.52. The first-order valence-electron chi connectivity index (χ1n) is 5.90. The molecule has 1 amide bonds. The first-order valence-corrected chi connectivity index (χ1v) is 6.72. The Labute approximate surface area is 101 Å². The molecule has 1 N–H and O–H groups in total. The van der Waals surface area contributed by atoms with Crippen molar-refractivity contribution in [3.05, 3.63) is 11.1 Å². The molecular formula is C12H20N2OS. The average molecular weight is 240 g/mol. The number of nitrogens with one attached hydrogen (secondary N) is 1. The molecule has 0 bridgehead atoms. The number of hydrogen-bond donors (Lipinski definition) is 1. The summed E-state index contributed by atoms with van der Waals surface area (Å²) in [7, 11) is 0. The van der Waals surface area contributed by atoms with Gasteiger partial charge in [0.25, 0.3) is 0 Å². The highest BCUT2D eigenvalue weighted by molar-refractivity contribution is 7.15. The molecule has 0 radical (unpaired) electrons. The molecular weight excluding hydrogens is 220 g/mol. The lowest BCUT2D eigenvalue weighted by Crippen LogP contribution is -2.22. The van der Waals surface area contributed by atoms with Crippen LogP contribution in [0.1, 0.15) is 44.4 Å². The van der Waals surface area contributed by atoms with Crippen LogP contribution >= 0.6 is 11.3 Å². The number of carbonyl (C=O) groups is 1. The molecule has 1 unspecified atom stereocenters. The van der Waals surface area contributed by atoms with E-state index in [1.807, 2.05) is 6.92 Å². The van der Waals surface area contributed by atoms with E-state index in [-0.39, 0.29) is 11.8 Å². The van der Waals surface area contributed by atoms with Crippen LogP contribution < -0.4 is 5.32 Å². The fraction of sp³-hybridized carbons (Fsp3) is 0.667. The molecule has 1 atom stereocenters. The molecule has 0 saturated carbocycles. The number of anilines is 1. The van der Waals surface area contributed by atoms with E-state index in [2.05, 4.69) is 24.1 Å². The topological polar surface area (TPSA) is 42.0 Å². The number of amides is 1. The van der Waals surface area contributed by atoms with Gasteiger partial charge in [-0.1, -0.05) is 26.7 Å². The smallest absolute Gasteiger partial charge is 0.229 e. The highest BCUT2D eigenvalue weighted by Gasteiger charge is 2.16. The molecule has 3 nitrogen and oxygen atoms in total. The van der Waals surface area contributed by atoms with Gasteiger partial charge in [0, 0.05) is 17.0 Å². The fourth-order valence-corrected chi connectivity index (χ4v) is 2.26. The van der Waals surface area contributed by atoms with Crippen LogP contribution in [-0.2, 0) is 4.79 Å². The van der Waals surface area contributed by atoms with E-state index in [9.17, 15) is 4.79 Å². The molecule has 16 heavy (non-hydrogen) atoms. The Bertz CT molecular complexity index is 336. The van der Waals surface area contributed by atoms with Gasteiger partial charge in [-0.3, -0.25) is 4.79 Å². The first-order chi connectivity index (χ1) is 7.67. The summed E-state index contributed by atoms with van der Waals surface area (Å²) < 4.78 is 0. The molecule has 0 fully saturated rings. The SMILES string of the molecule is CCCCC(CC)C(=O)Nc1ncc(C)s1. The second kappa shape index (κ2) is 6.63. The largest absolute Gasteiger partial charge is 0.302 e. The molecule has 0 aliphatic heterocycles. The minimum Gasteiger partial charge on any atom is -0.302 e. The van der Waals surface area contributed by atoms with Gasteiger partial charge in [-0.25, -0.2) is 4.98 Å². The van der Waals surface area contributed by atoms with E-state index in [0.29, 0.717) is 0 Å². The normalized spacial score (nSPS) is 12.4. The fourth-order valence-electron chi connectivity index (χ4n) is 1.59. The third-order valence-electron chi connectivity index (χ3n) is 2.62. The molecule has 90 valence electrons. The van der Waals surface area contributed by atoms with Gasteiger partial charge in [0.05, 0.1) is 0 Å². The third-order valence-corrected chi connectivity index (χ3v) is 3.45. The van der Waals surface area contributed by atoms with Crippen LogP contribution in [0.2, 0.25) is 0 Å². The maximum atomic E-state index is 11.9. The van der Waals surface area contributed by atoms with Crippen molar-refractivity contribution in [3.63, 3.8) is 0 Å². The number of rotatable bonds is 6. The summed E-state index contributed by atoms with van der Waals surface area (Å²) in [5, 5.41) is 3.61. The van der Waals surface area contributed by atoms with E-state index in [4.69, 9.17) is 0 Å². The Kier molecular flexibility index (Phi) is 5.46. The first kappa shape index (κ1) is 13.2. The lowest BCUT2D eigenvalue weighted by Gasteiger charge is -2.12. The standard InChI is InChI=1S/C12H20N2OS/c1-4-6-7-10(5-2)11(15)14-12-13-8-9(3)16-12/h8,10H,4-7H2,1-3H3,(H,13,14,15). The molecule has 4 heteroatoms. The molecule has 0 aliphatic carbocycles. The average Bonchev–Trinajstić information content (AvgIpc) is 2.65. The molecule has 0 aliphatic rings. The summed E-state index contributed by atoms with van der Waals surface area (Å²) in [6, 6.07) is 0. The van der Waals surface area contributed by atoms with Gasteiger partial charge in [-0.05, 0) is 19.8 Å². The van der Waals surface area contributed by atoms with Gasteiger partial charge in [0.2, 0.25) is 5.91 Å². The predicted octanol–water partition coefficient (Wildman–Crippen LogP) is 3.61. The number of nitrogens with zero attached hydrogens (tertiary/aromatic N) is 1. The molecule has 0 spiro atoms. The summed E-state index contributed by atoms with van der Waals surface area (Å²) in [6.45, 7) is 6.20. The number of carbonyl (C=O) groups excluding carboxylic acids is 1. The van der Waals surface area contributed by atoms with E-state index >= 15 is 0 Å². The maximum absolute atomic E-state index is 11.9. The Balaban J connectivity index is 2.49. The second-order valence-corrected chi connectivity index (χ2v) is 5.25. The highest BCUT2D eigenvalue weighted by atomic mass is 32.1. The monoisotopic (exact) mass is 240 g/mol. The van der Waals surface area contributed by atoms with E-state index in [0.717, 1.165) is 35.7 Å². The highest BCUT2D eigenvalue weighted by Crippen LogP contribution is 2.19. The van der Waals surface area contributed by atoms with E-state index < -0.39 is 0 Å². The van der Waals surface area contributed by atoms with Crippen molar-refractivity contribution in [2.45, 2.75) is 46.5 Å². The van der Waals surface area contributed by atoms with Gasteiger partial charge in [-0.15, -0.1) is 11.3 Å². The number of aromatic nitrogens is 1. The zero-order valence-corrected chi connectivity index (χ0v) is 11.1. The minimum absolute atomic E-state index is 0.116. The quantitative estimate of drug-likeness (QED) is 0.825. The van der Waals surface area contributed by atoms with Crippen LogP contribution in [0.4, 0.5) is 5.13 Å². The summed E-state index contributed by atoms with van der Waals surface area (Å²) in [6.07, 6.45) is 5.91. The maximum Gasteiger partial charge on any atom is 0.229 e. The summed E-state index contributed by atoms with van der Waals surface area (Å²) in [4.78, 5) is 17.2. The number of hydrogen-bond acceptors (Lipinski definition) is 3. The third kappa shape index (κ3) is 3.93. The molecule has 0 aromatic carbocycles. The molecule has 1 aromatic heterocycles. The van der Waals surface area contributed by atoms with Crippen LogP contribution in [-0.4, -0.2) is 10.9 Å². The Morgan fingerprint density at radius 1 is 1.56 bits per heavy atom. The van der Waals surface area contributed by atoms with Crippen LogP contribution in [0.25, 0.3) is 0 Å². The van der Waals surface area contributed by atoms with Crippen molar-refractivity contribution in [1.29, 1.82) is 0 Å². The summed E-state index contributed by atoms with van der Waals surface area (Å²) in [5.74, 6) is 0.245. The Hall–Kier alpha value is -0.900. The van der Waals surface area contributed by atoms with Gasteiger partial charge < -0.3 is 5.32 Å². The molecule has 1 heterocycles. The lowest BCUT2D eigenvalue weighted by molar-refractivity contribution is -0.120. The van der Waals surface area contributed by atoms with E-state index in [1.165, 1.54) is 11.3 Å². The molecule has 0 saturated heterocycles. The van der Waals surface area contributed by atoms with Crippen LogP contribution in [0.3, 0.4) is 0 Å². The number of unbranched alkanes of at least 4 members (excludes halogenated alkanes) is 1. The molecule has 1 rings (SSSR count). The van der Waals surface area contributed by atoms with Crippen molar-refractivity contribution in [2.24, 2.45) is 5.92 Å². The van der Waals surface area contributed by atoms with Crippen LogP contribution in [0, 0.1) is 12.8 Å². The Morgan fingerprint density at radius 2 is 2.31 bits per heavy atom. The van der Waals surface area contributed by atoms with Crippen molar-refractivity contribution in [1.82, 2.24) is 4.98 Å². The van der Waals surface area contributed by atoms with Crippen molar-refractivity contribution in [2.75, 3.05) is 5.32 Å². The molecule has 1 aromatic rings. The van der Waals surface area contributed by atoms with Crippen LogP contribution in [0.5, 0.6) is 0 Å². The van der Waals surface area contributed by atoms with Gasteiger partial charge in [0.15, 0.2) is 5.13 Å². The van der Waals surface area contributed by atoms with Gasteiger partial charge in [0.1, 0.15) is 0 Å².